The fourth-order valence-electron chi connectivity index (χ4n) is 1.07. The van der Waals surface area contributed by atoms with Crippen molar-refractivity contribution >= 4 is 6.29 Å². The molecule has 1 rings (SSSR count). The Morgan fingerprint density at radius 3 is 2.73 bits per heavy atom. The molecular weight excluding hydrogens is 149 g/mol. The molecule has 0 bridgehead atoms. The van der Waals surface area contributed by atoms with Gasteiger partial charge in [-0.15, -0.1) is 0 Å². The molecule has 3 nitrogen and oxygen atoms in total. The normalized spacial score (nSPS) is 23.0. The minimum Gasteiger partial charge on any atom is -0.379 e. The van der Waals surface area contributed by atoms with E-state index in [1.807, 2.05) is 4.90 Å². The number of nitrogens with zero attached hydrogens (tertiary/aromatic N) is 1. The smallest absolute Gasteiger partial charge is 0.168 e. The quantitative estimate of drug-likeness (QED) is 0.539. The number of carbonyl (C=O) groups is 1. The summed E-state index contributed by atoms with van der Waals surface area (Å²) < 4.78 is 17.5. The third-order valence-corrected chi connectivity index (χ3v) is 1.68. The van der Waals surface area contributed by atoms with E-state index in [0.717, 1.165) is 13.1 Å². The van der Waals surface area contributed by atoms with Gasteiger partial charge in [0.1, 0.15) is 0 Å². The number of rotatable bonds is 3. The third-order valence-electron chi connectivity index (χ3n) is 1.68. The van der Waals surface area contributed by atoms with Gasteiger partial charge < -0.3 is 9.53 Å². The van der Waals surface area contributed by atoms with Crippen molar-refractivity contribution < 1.29 is 13.9 Å². The summed E-state index contributed by atoms with van der Waals surface area (Å²) in [6.45, 7) is 2.96. The van der Waals surface area contributed by atoms with Gasteiger partial charge in [0.25, 0.3) is 0 Å². The van der Waals surface area contributed by atoms with Crippen LogP contribution in [0.3, 0.4) is 0 Å². The summed E-state index contributed by atoms with van der Waals surface area (Å²) in [4.78, 5) is 11.8. The molecule has 0 spiro atoms. The Balaban J connectivity index is 2.18. The van der Waals surface area contributed by atoms with Crippen LogP contribution >= 0.6 is 0 Å². The molecule has 4 heteroatoms. The lowest BCUT2D eigenvalue weighted by Gasteiger charge is -2.26. The van der Waals surface area contributed by atoms with Gasteiger partial charge in [-0.2, -0.15) is 0 Å². The van der Waals surface area contributed by atoms with Crippen molar-refractivity contribution in [2.24, 2.45) is 0 Å². The SMILES string of the molecule is O=CC(F)CN1CCOCC1. The first-order valence-electron chi connectivity index (χ1n) is 3.72. The zero-order chi connectivity index (χ0) is 8.10. The topological polar surface area (TPSA) is 29.5 Å². The van der Waals surface area contributed by atoms with E-state index in [1.54, 1.807) is 0 Å². The fourth-order valence-corrected chi connectivity index (χ4v) is 1.07. The molecule has 1 atom stereocenters. The molecule has 11 heavy (non-hydrogen) atoms. The van der Waals surface area contributed by atoms with Gasteiger partial charge in [0.2, 0.25) is 0 Å². The monoisotopic (exact) mass is 161 g/mol. The van der Waals surface area contributed by atoms with Crippen molar-refractivity contribution in [3.8, 4) is 0 Å². The van der Waals surface area contributed by atoms with Crippen LogP contribution in [0.5, 0.6) is 0 Å². The lowest BCUT2D eigenvalue weighted by atomic mass is 10.3. The molecule has 1 aliphatic rings. The molecule has 0 radical (unpaired) electrons. The summed E-state index contributed by atoms with van der Waals surface area (Å²) in [5.41, 5.74) is 0. The molecule has 0 aromatic carbocycles. The van der Waals surface area contributed by atoms with Gasteiger partial charge in [-0.05, 0) is 0 Å². The first-order chi connectivity index (χ1) is 5.33. The molecule has 0 amide bonds. The predicted octanol–water partition coefficient (Wildman–Crippen LogP) is -0.144. The third kappa shape index (κ3) is 2.95. The number of ether oxygens (including phenoxy) is 1. The molecule has 0 aromatic rings. The zero-order valence-electron chi connectivity index (χ0n) is 6.33. The average molecular weight is 161 g/mol. The van der Waals surface area contributed by atoms with E-state index in [4.69, 9.17) is 4.74 Å². The van der Waals surface area contributed by atoms with Crippen molar-refractivity contribution in [2.75, 3.05) is 32.8 Å². The van der Waals surface area contributed by atoms with E-state index >= 15 is 0 Å². The van der Waals surface area contributed by atoms with Gasteiger partial charge in [-0.3, -0.25) is 4.90 Å². The summed E-state index contributed by atoms with van der Waals surface area (Å²) in [7, 11) is 0. The number of halogens is 1. The Morgan fingerprint density at radius 2 is 2.18 bits per heavy atom. The zero-order valence-corrected chi connectivity index (χ0v) is 6.33. The second-order valence-electron chi connectivity index (χ2n) is 2.57. The minimum atomic E-state index is -1.34. The van der Waals surface area contributed by atoms with Crippen LogP contribution < -0.4 is 0 Å². The van der Waals surface area contributed by atoms with Crippen molar-refractivity contribution in [1.82, 2.24) is 4.90 Å². The molecule has 0 aliphatic carbocycles. The largest absolute Gasteiger partial charge is 0.379 e. The second kappa shape index (κ2) is 4.41. The Morgan fingerprint density at radius 1 is 1.55 bits per heavy atom. The Labute approximate surface area is 65.1 Å². The highest BCUT2D eigenvalue weighted by atomic mass is 19.1. The van der Waals surface area contributed by atoms with Crippen LogP contribution in [0.4, 0.5) is 4.39 Å². The van der Waals surface area contributed by atoms with Gasteiger partial charge in [-0.1, -0.05) is 0 Å². The minimum absolute atomic E-state index is 0.215. The van der Waals surface area contributed by atoms with Crippen LogP contribution in [0.1, 0.15) is 0 Å². The number of aldehydes is 1. The summed E-state index contributed by atoms with van der Waals surface area (Å²) >= 11 is 0. The highest BCUT2D eigenvalue weighted by Gasteiger charge is 2.14. The molecule has 1 unspecified atom stereocenters. The molecule has 64 valence electrons. The number of hydrogen-bond acceptors (Lipinski definition) is 3. The summed E-state index contributed by atoms with van der Waals surface area (Å²) in [6, 6.07) is 0. The van der Waals surface area contributed by atoms with E-state index < -0.39 is 6.17 Å². The van der Waals surface area contributed by atoms with Crippen LogP contribution in [-0.4, -0.2) is 50.2 Å². The van der Waals surface area contributed by atoms with E-state index in [0.29, 0.717) is 19.5 Å². The van der Waals surface area contributed by atoms with Crippen LogP contribution in [0.25, 0.3) is 0 Å². The van der Waals surface area contributed by atoms with E-state index in [1.165, 1.54) is 0 Å². The number of hydrogen-bond donors (Lipinski definition) is 0. The highest BCUT2D eigenvalue weighted by molar-refractivity contribution is 5.55. The number of carbonyl (C=O) groups excluding carboxylic acids is 1. The van der Waals surface area contributed by atoms with Crippen LogP contribution in [0.2, 0.25) is 0 Å². The first kappa shape index (κ1) is 8.62. The standard InChI is InChI=1S/C7H12FNO2/c8-7(6-10)5-9-1-3-11-4-2-9/h6-7H,1-5H2. The van der Waals surface area contributed by atoms with Crippen LogP contribution in [0.15, 0.2) is 0 Å². The van der Waals surface area contributed by atoms with Crippen LogP contribution in [0, 0.1) is 0 Å². The maximum absolute atomic E-state index is 12.5. The van der Waals surface area contributed by atoms with E-state index in [2.05, 4.69) is 0 Å². The van der Waals surface area contributed by atoms with Crippen LogP contribution in [-0.2, 0) is 9.53 Å². The molecule has 1 aliphatic heterocycles. The van der Waals surface area contributed by atoms with Gasteiger partial charge in [0.15, 0.2) is 12.5 Å². The molecular formula is C7H12FNO2. The molecule has 1 heterocycles. The number of morpholine rings is 1. The van der Waals surface area contributed by atoms with Crippen molar-refractivity contribution in [3.63, 3.8) is 0 Å². The molecule has 1 saturated heterocycles. The maximum atomic E-state index is 12.5. The Bertz CT molecular complexity index is 126. The van der Waals surface area contributed by atoms with Gasteiger partial charge in [-0.25, -0.2) is 4.39 Å². The maximum Gasteiger partial charge on any atom is 0.168 e. The number of alkyl halides is 1. The van der Waals surface area contributed by atoms with Gasteiger partial charge >= 0.3 is 0 Å². The first-order valence-corrected chi connectivity index (χ1v) is 3.72. The highest BCUT2D eigenvalue weighted by Crippen LogP contribution is 1.98. The van der Waals surface area contributed by atoms with E-state index in [-0.39, 0.29) is 6.54 Å². The molecule has 0 N–H and O–H groups in total. The van der Waals surface area contributed by atoms with Crippen molar-refractivity contribution in [3.05, 3.63) is 0 Å². The molecule has 1 fully saturated rings. The molecule has 0 saturated carbocycles. The predicted molar refractivity (Wildman–Crippen MR) is 38.2 cm³/mol. The summed E-state index contributed by atoms with van der Waals surface area (Å²) in [5.74, 6) is 0. The lowest BCUT2D eigenvalue weighted by Crippen LogP contribution is -2.40. The van der Waals surface area contributed by atoms with E-state index in [9.17, 15) is 9.18 Å². The lowest BCUT2D eigenvalue weighted by molar-refractivity contribution is -0.113. The Hall–Kier alpha value is -0.480. The van der Waals surface area contributed by atoms with Gasteiger partial charge in [0, 0.05) is 19.6 Å². The van der Waals surface area contributed by atoms with Crippen molar-refractivity contribution in [1.29, 1.82) is 0 Å². The van der Waals surface area contributed by atoms with Gasteiger partial charge in [0.05, 0.1) is 13.2 Å². The average Bonchev–Trinajstić information content (AvgIpc) is 2.06. The summed E-state index contributed by atoms with van der Waals surface area (Å²) in [6.07, 6.45) is -0.997. The van der Waals surface area contributed by atoms with Crippen molar-refractivity contribution in [2.45, 2.75) is 6.17 Å². The Kier molecular flexibility index (Phi) is 3.45. The molecule has 0 aromatic heterocycles. The fraction of sp³-hybridized carbons (Fsp3) is 0.857. The second-order valence-corrected chi connectivity index (χ2v) is 2.57. The summed E-state index contributed by atoms with van der Waals surface area (Å²) in [5, 5.41) is 0.